The van der Waals surface area contributed by atoms with Crippen LogP contribution in [0.1, 0.15) is 16.2 Å². The van der Waals surface area contributed by atoms with E-state index in [2.05, 4.69) is 10.1 Å². The summed E-state index contributed by atoms with van der Waals surface area (Å²) < 4.78 is 33.5. The van der Waals surface area contributed by atoms with Gasteiger partial charge in [0.2, 0.25) is 12.6 Å². The van der Waals surface area contributed by atoms with Gasteiger partial charge in [-0.05, 0) is 42.5 Å². The molecule has 0 radical (unpaired) electrons. The molecular formula is C17H11FN2O5. The van der Waals surface area contributed by atoms with Gasteiger partial charge in [-0.1, -0.05) is 5.16 Å². The first kappa shape index (κ1) is 15.1. The zero-order chi connectivity index (χ0) is 17.2. The molecule has 1 aliphatic rings. The topological polar surface area (TPSA) is 83.7 Å². The number of ether oxygens (including phenoxy) is 3. The molecule has 0 N–H and O–H groups in total. The molecule has 0 aliphatic carbocycles. The molecule has 1 aliphatic heterocycles. The first-order valence-corrected chi connectivity index (χ1v) is 7.34. The maximum absolute atomic E-state index is 12.9. The summed E-state index contributed by atoms with van der Waals surface area (Å²) in [4.78, 5) is 16.2. The largest absolute Gasteiger partial charge is 0.454 e. The summed E-state index contributed by atoms with van der Waals surface area (Å²) >= 11 is 0. The maximum Gasteiger partial charge on any atom is 0.338 e. The quantitative estimate of drug-likeness (QED) is 0.674. The van der Waals surface area contributed by atoms with E-state index in [1.54, 1.807) is 18.2 Å². The number of aromatic nitrogens is 2. The van der Waals surface area contributed by atoms with Crippen LogP contribution >= 0.6 is 0 Å². The third-order valence-corrected chi connectivity index (χ3v) is 3.51. The number of rotatable bonds is 4. The Balaban J connectivity index is 1.41. The first-order chi connectivity index (χ1) is 12.2. The molecule has 126 valence electrons. The molecule has 3 aromatic rings. The van der Waals surface area contributed by atoms with Gasteiger partial charge >= 0.3 is 5.97 Å². The van der Waals surface area contributed by atoms with E-state index in [0.29, 0.717) is 22.6 Å². The van der Waals surface area contributed by atoms with Gasteiger partial charge in [0.25, 0.3) is 5.89 Å². The van der Waals surface area contributed by atoms with Crippen LogP contribution in [0.15, 0.2) is 47.0 Å². The van der Waals surface area contributed by atoms with Crippen molar-refractivity contribution in [3.05, 3.63) is 59.7 Å². The lowest BCUT2D eigenvalue weighted by Crippen LogP contribution is -2.05. The minimum Gasteiger partial charge on any atom is -0.454 e. The van der Waals surface area contributed by atoms with Gasteiger partial charge in [-0.25, -0.2) is 9.18 Å². The molecule has 0 saturated heterocycles. The molecule has 25 heavy (non-hydrogen) atoms. The Bertz CT molecular complexity index is 923. The average Bonchev–Trinajstić information content (AvgIpc) is 3.29. The fraction of sp³-hybridized carbons (Fsp3) is 0.118. The molecule has 0 bridgehead atoms. The van der Waals surface area contributed by atoms with Crippen molar-refractivity contribution in [2.75, 3.05) is 6.79 Å². The second kappa shape index (κ2) is 6.23. The summed E-state index contributed by atoms with van der Waals surface area (Å²) in [5.41, 5.74) is 0.918. The van der Waals surface area contributed by atoms with E-state index in [-0.39, 0.29) is 30.9 Å². The van der Waals surface area contributed by atoms with Crippen LogP contribution in [0.4, 0.5) is 4.39 Å². The fourth-order valence-electron chi connectivity index (χ4n) is 2.26. The van der Waals surface area contributed by atoms with E-state index < -0.39 is 5.97 Å². The van der Waals surface area contributed by atoms with Gasteiger partial charge < -0.3 is 18.7 Å². The standard InChI is InChI=1S/C17H11FN2O5/c18-12-4-1-10(2-5-12)16-19-15(25-20-16)8-22-17(21)11-3-6-13-14(7-11)24-9-23-13/h1-7H,8-9H2. The van der Waals surface area contributed by atoms with Crippen molar-refractivity contribution in [2.45, 2.75) is 6.61 Å². The number of benzene rings is 2. The Morgan fingerprint density at radius 1 is 1.12 bits per heavy atom. The van der Waals surface area contributed by atoms with Crippen LogP contribution in [0, 0.1) is 5.82 Å². The van der Waals surface area contributed by atoms with Crippen molar-refractivity contribution >= 4 is 5.97 Å². The highest BCUT2D eigenvalue weighted by atomic mass is 19.1. The summed E-state index contributed by atoms with van der Waals surface area (Å²) in [6.45, 7) is -0.0521. The number of fused-ring (bicyclic) bond motifs is 1. The predicted molar refractivity (Wildman–Crippen MR) is 81.4 cm³/mol. The number of nitrogens with zero attached hydrogens (tertiary/aromatic N) is 2. The van der Waals surface area contributed by atoms with Crippen molar-refractivity contribution in [1.29, 1.82) is 0 Å². The molecule has 8 heteroatoms. The van der Waals surface area contributed by atoms with Gasteiger partial charge in [-0.3, -0.25) is 0 Å². The molecule has 2 heterocycles. The monoisotopic (exact) mass is 342 g/mol. The van der Waals surface area contributed by atoms with Crippen LogP contribution < -0.4 is 9.47 Å². The van der Waals surface area contributed by atoms with Crippen molar-refractivity contribution in [1.82, 2.24) is 10.1 Å². The van der Waals surface area contributed by atoms with Gasteiger partial charge in [0.15, 0.2) is 18.1 Å². The van der Waals surface area contributed by atoms with Crippen LogP contribution in [0.3, 0.4) is 0 Å². The third-order valence-electron chi connectivity index (χ3n) is 3.51. The van der Waals surface area contributed by atoms with Crippen molar-refractivity contribution in [3.63, 3.8) is 0 Å². The molecule has 0 spiro atoms. The summed E-state index contributed by atoms with van der Waals surface area (Å²) in [7, 11) is 0. The number of hydrogen-bond acceptors (Lipinski definition) is 7. The Hall–Kier alpha value is -3.42. The number of halogens is 1. The first-order valence-electron chi connectivity index (χ1n) is 7.34. The van der Waals surface area contributed by atoms with Gasteiger partial charge in [0, 0.05) is 5.56 Å². The smallest absolute Gasteiger partial charge is 0.338 e. The van der Waals surface area contributed by atoms with E-state index in [9.17, 15) is 9.18 Å². The van der Waals surface area contributed by atoms with Crippen LogP contribution in [0.5, 0.6) is 11.5 Å². The SMILES string of the molecule is O=C(OCc1nc(-c2ccc(F)cc2)no1)c1ccc2c(c1)OCO2. The van der Waals surface area contributed by atoms with Crippen LogP contribution in [0.25, 0.3) is 11.4 Å². The molecule has 0 amide bonds. The number of carbonyl (C=O) groups excluding carboxylic acids is 1. The highest BCUT2D eigenvalue weighted by molar-refractivity contribution is 5.90. The zero-order valence-corrected chi connectivity index (χ0v) is 12.8. The molecule has 7 nitrogen and oxygen atoms in total. The van der Waals surface area contributed by atoms with E-state index in [1.165, 1.54) is 24.3 Å². The summed E-state index contributed by atoms with van der Waals surface area (Å²) in [5, 5.41) is 3.78. The lowest BCUT2D eigenvalue weighted by molar-refractivity contribution is 0.0429. The zero-order valence-electron chi connectivity index (χ0n) is 12.8. The third kappa shape index (κ3) is 3.14. The predicted octanol–water partition coefficient (Wildman–Crippen LogP) is 2.96. The van der Waals surface area contributed by atoms with Crippen molar-refractivity contribution in [2.24, 2.45) is 0 Å². The minimum absolute atomic E-state index is 0.127. The van der Waals surface area contributed by atoms with Crippen LogP contribution in [-0.4, -0.2) is 22.9 Å². The summed E-state index contributed by atoms with van der Waals surface area (Å²) in [6, 6.07) is 10.4. The molecule has 2 aromatic carbocycles. The maximum atomic E-state index is 12.9. The van der Waals surface area contributed by atoms with E-state index in [4.69, 9.17) is 18.7 Å². The number of esters is 1. The Labute approximate surface area is 140 Å². The van der Waals surface area contributed by atoms with Gasteiger partial charge in [-0.15, -0.1) is 0 Å². The normalized spacial score (nSPS) is 12.2. The Morgan fingerprint density at radius 3 is 2.76 bits per heavy atom. The average molecular weight is 342 g/mol. The molecule has 4 rings (SSSR count). The van der Waals surface area contributed by atoms with E-state index in [1.807, 2.05) is 0 Å². The van der Waals surface area contributed by atoms with Crippen molar-refractivity contribution in [3.8, 4) is 22.9 Å². The highest BCUT2D eigenvalue weighted by Crippen LogP contribution is 2.32. The van der Waals surface area contributed by atoms with Crippen LogP contribution in [-0.2, 0) is 11.3 Å². The fourth-order valence-corrected chi connectivity index (χ4v) is 2.26. The summed E-state index contributed by atoms with van der Waals surface area (Å²) in [5.74, 6) is 0.579. The van der Waals surface area contributed by atoms with Gasteiger partial charge in [0.05, 0.1) is 5.56 Å². The molecule has 1 aromatic heterocycles. The van der Waals surface area contributed by atoms with Gasteiger partial charge in [-0.2, -0.15) is 4.98 Å². The Kier molecular flexibility index (Phi) is 3.77. The molecule has 0 atom stereocenters. The minimum atomic E-state index is -0.556. The number of carbonyl (C=O) groups is 1. The lowest BCUT2D eigenvalue weighted by atomic mass is 10.2. The highest BCUT2D eigenvalue weighted by Gasteiger charge is 2.18. The van der Waals surface area contributed by atoms with Gasteiger partial charge in [0.1, 0.15) is 5.82 Å². The second-order valence-electron chi connectivity index (χ2n) is 5.16. The lowest BCUT2D eigenvalue weighted by Gasteiger charge is -2.03. The van der Waals surface area contributed by atoms with E-state index in [0.717, 1.165) is 0 Å². The Morgan fingerprint density at radius 2 is 1.92 bits per heavy atom. The second-order valence-corrected chi connectivity index (χ2v) is 5.16. The molecule has 0 fully saturated rings. The molecular weight excluding hydrogens is 331 g/mol. The molecule has 0 unspecified atom stereocenters. The van der Waals surface area contributed by atoms with E-state index >= 15 is 0 Å². The molecule has 0 saturated carbocycles. The van der Waals surface area contributed by atoms with Crippen LogP contribution in [0.2, 0.25) is 0 Å². The summed E-state index contributed by atoms with van der Waals surface area (Å²) in [6.07, 6.45) is 0. The number of hydrogen-bond donors (Lipinski definition) is 0. The van der Waals surface area contributed by atoms with Crippen molar-refractivity contribution < 1.29 is 27.9 Å².